The van der Waals surface area contributed by atoms with Gasteiger partial charge in [0.1, 0.15) is 17.2 Å². The number of phenolic OH excluding ortho intramolecular Hbond substituents is 3. The van der Waals surface area contributed by atoms with E-state index in [1.54, 1.807) is 36.4 Å². The fourth-order valence-corrected chi connectivity index (χ4v) is 3.41. The molecule has 0 aliphatic rings. The van der Waals surface area contributed by atoms with Crippen molar-refractivity contribution in [3.05, 3.63) is 89.5 Å². The van der Waals surface area contributed by atoms with Gasteiger partial charge in [0.2, 0.25) is 0 Å². The Morgan fingerprint density at radius 2 is 0.880 bits per heavy atom. The third kappa shape index (κ3) is 3.77. The van der Waals surface area contributed by atoms with E-state index in [-0.39, 0.29) is 29.1 Å². The normalized spacial score (nSPS) is 12.2. The second kappa shape index (κ2) is 7.31. The van der Waals surface area contributed by atoms with Crippen LogP contribution in [0.5, 0.6) is 17.2 Å². The molecule has 0 unspecified atom stereocenters. The Kier molecular flexibility index (Phi) is 4.94. The Bertz CT molecular complexity index is 760. The van der Waals surface area contributed by atoms with Crippen LogP contribution in [0.4, 0.5) is 0 Å². The van der Waals surface area contributed by atoms with Gasteiger partial charge in [0.15, 0.2) is 0 Å². The third-order valence-corrected chi connectivity index (χ3v) is 4.67. The largest absolute Gasteiger partial charge is 0.508 e. The molecule has 0 heterocycles. The molecule has 128 valence electrons. The monoisotopic (exact) mass is 334 g/mol. The molecule has 3 aromatic rings. The zero-order chi connectivity index (χ0) is 17.8. The molecule has 0 spiro atoms. The zero-order valence-corrected chi connectivity index (χ0v) is 14.1. The minimum atomic E-state index is 0.0794. The molecule has 0 bridgehead atoms. The molecule has 0 saturated heterocycles. The predicted octanol–water partition coefficient (Wildman–Crippen LogP) is 5.13. The van der Waals surface area contributed by atoms with Crippen molar-refractivity contribution >= 4 is 0 Å². The van der Waals surface area contributed by atoms with Gasteiger partial charge >= 0.3 is 0 Å². The van der Waals surface area contributed by atoms with Gasteiger partial charge in [0.05, 0.1) is 0 Å². The molecule has 0 saturated carbocycles. The highest BCUT2D eigenvalue weighted by atomic mass is 16.3. The summed E-state index contributed by atoms with van der Waals surface area (Å²) in [6.45, 7) is 2.14. The number of hydrogen-bond acceptors (Lipinski definition) is 3. The SMILES string of the molecule is CC[C@@H](c1ccc(O)cc1)C(c1ccc(O)cc1)c1ccc(O)cc1. The molecule has 0 amide bonds. The fraction of sp³-hybridized carbons (Fsp3) is 0.182. The standard InChI is InChI=1S/C22H22O3/c1-2-21(15-3-9-18(23)10-4-15)22(16-5-11-19(24)12-6-16)17-7-13-20(25)14-8-17/h3-14,21-25H,2H2,1H3/t21-/m0/s1. The van der Waals surface area contributed by atoms with Gasteiger partial charge in [-0.2, -0.15) is 0 Å². The van der Waals surface area contributed by atoms with E-state index in [0.29, 0.717) is 0 Å². The number of benzene rings is 3. The maximum Gasteiger partial charge on any atom is 0.115 e. The number of phenols is 3. The Labute approximate surface area is 147 Å². The van der Waals surface area contributed by atoms with Gasteiger partial charge in [-0.15, -0.1) is 0 Å². The lowest BCUT2D eigenvalue weighted by atomic mass is 9.76. The summed E-state index contributed by atoms with van der Waals surface area (Å²) in [5, 5.41) is 28.8. The Balaban J connectivity index is 2.09. The topological polar surface area (TPSA) is 60.7 Å². The molecule has 25 heavy (non-hydrogen) atoms. The predicted molar refractivity (Wildman–Crippen MR) is 99.2 cm³/mol. The van der Waals surface area contributed by atoms with Crippen molar-refractivity contribution in [3.63, 3.8) is 0 Å². The Morgan fingerprint density at radius 1 is 0.560 bits per heavy atom. The summed E-state index contributed by atoms with van der Waals surface area (Å²) in [5.74, 6) is 1.02. The minimum Gasteiger partial charge on any atom is -0.508 e. The lowest BCUT2D eigenvalue weighted by molar-refractivity contribution is 0.472. The van der Waals surface area contributed by atoms with E-state index >= 15 is 0 Å². The molecule has 3 nitrogen and oxygen atoms in total. The summed E-state index contributed by atoms with van der Waals surface area (Å²) in [6, 6.07) is 21.9. The summed E-state index contributed by atoms with van der Waals surface area (Å²) < 4.78 is 0. The quantitative estimate of drug-likeness (QED) is 0.606. The summed E-state index contributed by atoms with van der Waals surface area (Å²) in [4.78, 5) is 0. The summed E-state index contributed by atoms with van der Waals surface area (Å²) in [7, 11) is 0. The van der Waals surface area contributed by atoms with E-state index in [1.807, 2.05) is 36.4 Å². The zero-order valence-electron chi connectivity index (χ0n) is 14.1. The average Bonchev–Trinajstić information content (AvgIpc) is 2.63. The Morgan fingerprint density at radius 3 is 1.20 bits per heavy atom. The van der Waals surface area contributed by atoms with Crippen LogP contribution in [-0.2, 0) is 0 Å². The van der Waals surface area contributed by atoms with Crippen molar-refractivity contribution in [2.24, 2.45) is 0 Å². The molecular weight excluding hydrogens is 312 g/mol. The first kappa shape index (κ1) is 16.9. The third-order valence-electron chi connectivity index (χ3n) is 4.67. The second-order valence-corrected chi connectivity index (χ2v) is 6.27. The molecule has 0 radical (unpaired) electrons. The van der Waals surface area contributed by atoms with Crippen molar-refractivity contribution in [3.8, 4) is 17.2 Å². The van der Waals surface area contributed by atoms with Crippen LogP contribution in [0.2, 0.25) is 0 Å². The van der Waals surface area contributed by atoms with Crippen LogP contribution in [0.15, 0.2) is 72.8 Å². The number of rotatable bonds is 5. The van der Waals surface area contributed by atoms with Crippen LogP contribution in [0.1, 0.15) is 41.9 Å². The molecular formula is C22H22O3. The molecule has 0 fully saturated rings. The van der Waals surface area contributed by atoms with Gasteiger partial charge in [0.25, 0.3) is 0 Å². The van der Waals surface area contributed by atoms with Crippen molar-refractivity contribution in [1.29, 1.82) is 0 Å². The highest BCUT2D eigenvalue weighted by Crippen LogP contribution is 2.41. The van der Waals surface area contributed by atoms with Gasteiger partial charge in [-0.25, -0.2) is 0 Å². The van der Waals surface area contributed by atoms with Crippen LogP contribution in [0.25, 0.3) is 0 Å². The first-order valence-electron chi connectivity index (χ1n) is 8.45. The van der Waals surface area contributed by atoms with Gasteiger partial charge in [0, 0.05) is 5.92 Å². The molecule has 1 atom stereocenters. The number of aromatic hydroxyl groups is 3. The second-order valence-electron chi connectivity index (χ2n) is 6.27. The lowest BCUT2D eigenvalue weighted by Crippen LogP contribution is -2.12. The summed E-state index contributed by atoms with van der Waals surface area (Å²) in [6.07, 6.45) is 0.914. The first-order valence-corrected chi connectivity index (χ1v) is 8.45. The molecule has 3 heteroatoms. The molecule has 0 aliphatic carbocycles. The van der Waals surface area contributed by atoms with Crippen molar-refractivity contribution in [2.45, 2.75) is 25.2 Å². The molecule has 0 aromatic heterocycles. The molecule has 3 rings (SSSR count). The van der Waals surface area contributed by atoms with E-state index in [1.165, 1.54) is 0 Å². The summed E-state index contributed by atoms with van der Waals surface area (Å²) in [5.41, 5.74) is 3.35. The van der Waals surface area contributed by atoms with Crippen LogP contribution < -0.4 is 0 Å². The van der Waals surface area contributed by atoms with Crippen LogP contribution in [0.3, 0.4) is 0 Å². The van der Waals surface area contributed by atoms with Gasteiger partial charge in [-0.3, -0.25) is 0 Å². The molecule has 3 aromatic carbocycles. The van der Waals surface area contributed by atoms with Crippen LogP contribution in [0, 0.1) is 0 Å². The fourth-order valence-electron chi connectivity index (χ4n) is 3.41. The Hall–Kier alpha value is -2.94. The van der Waals surface area contributed by atoms with E-state index in [9.17, 15) is 15.3 Å². The highest BCUT2D eigenvalue weighted by molar-refractivity contribution is 5.42. The lowest BCUT2D eigenvalue weighted by Gasteiger charge is -2.28. The van der Waals surface area contributed by atoms with Gasteiger partial charge in [-0.1, -0.05) is 43.3 Å². The van der Waals surface area contributed by atoms with E-state index < -0.39 is 0 Å². The molecule has 0 aliphatic heterocycles. The van der Waals surface area contributed by atoms with Crippen molar-refractivity contribution in [2.75, 3.05) is 0 Å². The number of hydrogen-bond donors (Lipinski definition) is 3. The highest BCUT2D eigenvalue weighted by Gasteiger charge is 2.25. The van der Waals surface area contributed by atoms with Crippen molar-refractivity contribution < 1.29 is 15.3 Å². The van der Waals surface area contributed by atoms with E-state index in [0.717, 1.165) is 23.1 Å². The van der Waals surface area contributed by atoms with Gasteiger partial charge in [-0.05, 0) is 65.4 Å². The minimum absolute atomic E-state index is 0.0794. The maximum atomic E-state index is 9.63. The smallest absolute Gasteiger partial charge is 0.115 e. The van der Waals surface area contributed by atoms with Crippen molar-refractivity contribution in [1.82, 2.24) is 0 Å². The van der Waals surface area contributed by atoms with Gasteiger partial charge < -0.3 is 15.3 Å². The average molecular weight is 334 g/mol. The summed E-state index contributed by atoms with van der Waals surface area (Å²) >= 11 is 0. The molecule has 3 N–H and O–H groups in total. The maximum absolute atomic E-state index is 9.63. The van der Waals surface area contributed by atoms with Crippen LogP contribution in [-0.4, -0.2) is 15.3 Å². The first-order chi connectivity index (χ1) is 12.1. The van der Waals surface area contributed by atoms with Crippen LogP contribution >= 0.6 is 0 Å². The van der Waals surface area contributed by atoms with E-state index in [4.69, 9.17) is 0 Å². The van der Waals surface area contributed by atoms with E-state index in [2.05, 4.69) is 6.92 Å².